The second-order valence-electron chi connectivity index (χ2n) is 17.8. The number of aryl methyl sites for hydroxylation is 2. The molecule has 0 saturated heterocycles. The van der Waals surface area contributed by atoms with Crippen molar-refractivity contribution < 1.29 is 93.8 Å². The Bertz CT molecular complexity index is 3760. The van der Waals surface area contributed by atoms with Crippen LogP contribution in [0.4, 0.5) is 23.3 Å². The second-order valence-corrected chi connectivity index (χ2v) is 17.8. The second kappa shape index (κ2) is 34.2. The predicted octanol–water partition coefficient (Wildman–Crippen LogP) is 13.8. The third-order valence-corrected chi connectivity index (χ3v) is 11.7. The van der Waals surface area contributed by atoms with Crippen LogP contribution in [0.5, 0.6) is 34.5 Å². The number of hydrogen-bond acceptors (Lipinski definition) is 16. The largest absolute Gasteiger partial charge is 0.507 e. The van der Waals surface area contributed by atoms with Crippen molar-refractivity contribution in [3.63, 3.8) is 0 Å². The van der Waals surface area contributed by atoms with Gasteiger partial charge in [-0.25, -0.2) is 39.9 Å². The molecule has 2 heterocycles. The van der Waals surface area contributed by atoms with Gasteiger partial charge in [0.15, 0.2) is 23.3 Å². The fourth-order valence-corrected chi connectivity index (χ4v) is 7.48. The molecule has 10 aromatic rings. The Balaban J connectivity index is 0.000000244. The van der Waals surface area contributed by atoms with Crippen LogP contribution in [0.2, 0.25) is 0 Å². The molecule has 19 heteroatoms. The molecule has 434 valence electrons. The van der Waals surface area contributed by atoms with Crippen LogP contribution in [0.1, 0.15) is 44.5 Å². The summed E-state index contributed by atoms with van der Waals surface area (Å²) in [5.74, 6) is 2.05. The Morgan fingerprint density at radius 1 is 0.306 bits per heavy atom. The molecule has 16 nitrogen and oxygen atoms in total. The number of aromatic hydroxyl groups is 6. The average molecular weight is 1670 g/mol. The van der Waals surface area contributed by atoms with Gasteiger partial charge >= 0.3 is 0 Å². The zero-order valence-corrected chi connectivity index (χ0v) is 52.2. The number of phenolic OH excluding ortho intramolecular Hbond substituents is 6. The normalized spacial score (nSPS) is 11.1. The van der Waals surface area contributed by atoms with E-state index >= 15 is 0 Å². The van der Waals surface area contributed by atoms with E-state index in [1.807, 2.05) is 111 Å². The summed E-state index contributed by atoms with van der Waals surface area (Å²) in [7, 11) is 0. The van der Waals surface area contributed by atoms with Crippen molar-refractivity contribution in [3.05, 3.63) is 263 Å². The first-order valence-corrected chi connectivity index (χ1v) is 25.4. The van der Waals surface area contributed by atoms with Crippen molar-refractivity contribution in [3.8, 4) is 57.0 Å². The van der Waals surface area contributed by atoms with Crippen molar-refractivity contribution in [2.24, 2.45) is 30.0 Å². The van der Waals surface area contributed by atoms with Gasteiger partial charge in [-0.15, -0.1) is 0 Å². The maximum Gasteiger partial charge on any atom is 0.198 e. The molecule has 0 unspecified atom stereocenters. The van der Waals surface area contributed by atoms with E-state index in [0.717, 1.165) is 22.3 Å². The number of phenols is 6. The van der Waals surface area contributed by atoms with E-state index in [1.165, 1.54) is 37.2 Å². The number of para-hydroxylation sites is 4. The minimum Gasteiger partial charge on any atom is -0.507 e. The average Bonchev–Trinajstić information content (AvgIpc) is 2.73. The van der Waals surface area contributed by atoms with Gasteiger partial charge in [-0.05, 0) is 86.6 Å². The van der Waals surface area contributed by atoms with Gasteiger partial charge in [0.2, 0.25) is 0 Å². The van der Waals surface area contributed by atoms with Gasteiger partial charge in [-0.3, -0.25) is 9.98 Å². The maximum absolute atomic E-state index is 10.3. The van der Waals surface area contributed by atoms with E-state index in [0.29, 0.717) is 56.4 Å². The predicted molar refractivity (Wildman–Crippen MR) is 326 cm³/mol. The van der Waals surface area contributed by atoms with Crippen molar-refractivity contribution in [1.29, 1.82) is 0 Å². The Morgan fingerprint density at radius 2 is 0.588 bits per heavy atom. The van der Waals surface area contributed by atoms with Crippen LogP contribution in [0.3, 0.4) is 0 Å². The van der Waals surface area contributed by atoms with Gasteiger partial charge in [-0.1, -0.05) is 132 Å². The monoisotopic (exact) mass is 1670 g/mol. The van der Waals surface area contributed by atoms with Crippen LogP contribution in [-0.4, -0.2) is 87.9 Å². The van der Waals surface area contributed by atoms with E-state index < -0.39 is 0 Å². The van der Waals surface area contributed by atoms with E-state index in [2.05, 4.69) is 39.9 Å². The van der Waals surface area contributed by atoms with Gasteiger partial charge < -0.3 is 30.6 Å². The summed E-state index contributed by atoms with van der Waals surface area (Å²) >= 11 is 0. The third kappa shape index (κ3) is 19.9. The summed E-state index contributed by atoms with van der Waals surface area (Å²) in [5.41, 5.74) is 8.63. The van der Waals surface area contributed by atoms with E-state index in [-0.39, 0.29) is 109 Å². The fraction of sp³-hybridized carbons (Fsp3) is 0.0303. The Kier molecular flexibility index (Phi) is 26.7. The first-order valence-electron chi connectivity index (χ1n) is 25.4. The number of benzene rings is 8. The molecule has 0 aliphatic heterocycles. The van der Waals surface area contributed by atoms with Crippen LogP contribution in [-0.2, 0) is 63.2 Å². The molecule has 0 radical (unpaired) electrons. The summed E-state index contributed by atoms with van der Waals surface area (Å²) < 4.78 is 0. The van der Waals surface area contributed by atoms with E-state index in [9.17, 15) is 30.6 Å². The third-order valence-electron chi connectivity index (χ3n) is 11.7. The number of hydrogen-bond donors (Lipinski definition) is 6. The molecule has 8 aromatic carbocycles. The first kappa shape index (κ1) is 66.3. The van der Waals surface area contributed by atoms with Crippen molar-refractivity contribution in [1.82, 2.24) is 19.9 Å². The van der Waals surface area contributed by atoms with E-state index in [4.69, 9.17) is 9.97 Å². The van der Waals surface area contributed by atoms with Crippen LogP contribution >= 0.6 is 0 Å². The van der Waals surface area contributed by atoms with Gasteiger partial charge in [0, 0.05) is 170 Å². The molecule has 0 amide bonds. The minimum atomic E-state index is 0. The molecule has 0 fully saturated rings. The minimum absolute atomic E-state index is 0. The number of rotatable bonds is 14. The summed E-state index contributed by atoms with van der Waals surface area (Å²) in [6.07, 6.45) is 15.2. The van der Waals surface area contributed by atoms with Crippen molar-refractivity contribution in [2.45, 2.75) is 13.8 Å². The van der Waals surface area contributed by atoms with Crippen LogP contribution < -0.4 is 0 Å². The molecular weight excluding hydrogens is 1610 g/mol. The van der Waals surface area contributed by atoms with Crippen LogP contribution in [0.25, 0.3) is 22.5 Å². The van der Waals surface area contributed by atoms with E-state index in [1.54, 1.807) is 122 Å². The summed E-state index contributed by atoms with van der Waals surface area (Å²) in [4.78, 5) is 43.9. The van der Waals surface area contributed by atoms with Gasteiger partial charge in [-0.2, -0.15) is 0 Å². The Morgan fingerprint density at radius 3 is 0.929 bits per heavy atom. The summed E-state index contributed by atoms with van der Waals surface area (Å²) in [5, 5.41) is 59.2. The van der Waals surface area contributed by atoms with Gasteiger partial charge in [0.05, 0.1) is 11.4 Å². The smallest absolute Gasteiger partial charge is 0.198 e. The SMILES string of the molecule is Cc1ccc(O)c(C=Nc2nc(-c3ccccc3)c(-c3ccccc3)nc2N=Cc2cc(C)ccc2O)c1.Oc1ccccc1C=NC=CN=Cc1ccccc1O.Oc1ccccc1C=Nc1nccnc1N=Cc1ccccc1O.[Pt].[Pt].[Pt]. The molecule has 0 saturated carbocycles. The summed E-state index contributed by atoms with van der Waals surface area (Å²) in [6, 6.07) is 57.8. The molecule has 10 rings (SSSR count). The fourth-order valence-electron chi connectivity index (χ4n) is 7.48. The topological polar surface area (TPSA) is 247 Å². The standard InChI is InChI=1S/C32H26N4O2.C18H14N4O2.C16H14N2O2.3Pt/c1-21-13-15-27(37)25(17-21)19-33-31-32(34-20-26-18-22(2)14-16-28(26)38)36-30(24-11-7-4-8-12-24)29(35-31)23-9-5-3-6-10-23;23-15-7-3-1-5-13(15)11-21-17-18(20-10-9-19-17)22-12-14-6-2-4-8-16(14)24;19-15-7-3-1-5-13(15)11-17-9-10-18-12-14-6-2-4-8-16(14)20;;;/h3-20,37-38H,1-2H3;1-12,23-24H;1-12,19-20H;;;. The van der Waals surface area contributed by atoms with Crippen LogP contribution in [0.15, 0.2) is 249 Å². The van der Waals surface area contributed by atoms with Gasteiger partial charge in [0.1, 0.15) is 34.5 Å². The first-order chi connectivity index (χ1) is 40.0. The molecule has 0 spiro atoms. The number of nitrogens with zero attached hydrogens (tertiary/aromatic N) is 10. The molecular formula is C66H54N10O6Pt3. The molecule has 0 bridgehead atoms. The Hall–Kier alpha value is -9.46. The molecule has 2 aromatic heterocycles. The number of aromatic nitrogens is 4. The molecule has 0 aliphatic rings. The Labute approximate surface area is 534 Å². The molecule has 0 aliphatic carbocycles. The quantitative estimate of drug-likeness (QED) is 0.0562. The van der Waals surface area contributed by atoms with Crippen molar-refractivity contribution >= 4 is 60.6 Å². The van der Waals surface area contributed by atoms with Crippen molar-refractivity contribution in [2.75, 3.05) is 0 Å². The van der Waals surface area contributed by atoms with Crippen LogP contribution in [0, 0.1) is 13.8 Å². The number of aliphatic imine (C=N–C) groups is 6. The zero-order chi connectivity index (χ0) is 57.5. The van der Waals surface area contributed by atoms with Gasteiger partial charge in [0.25, 0.3) is 0 Å². The maximum atomic E-state index is 10.3. The molecule has 6 N–H and O–H groups in total. The zero-order valence-electron chi connectivity index (χ0n) is 45.4. The summed E-state index contributed by atoms with van der Waals surface area (Å²) in [6.45, 7) is 3.89. The molecule has 0 atom stereocenters. The molecule has 85 heavy (non-hydrogen) atoms.